The molecule has 0 saturated heterocycles. The summed E-state index contributed by atoms with van der Waals surface area (Å²) in [5.74, 6) is -0.00342. The number of alkyl halides is 3. The highest BCUT2D eigenvalue weighted by atomic mass is 32.2. The number of rotatable bonds is 5. The quantitative estimate of drug-likeness (QED) is 0.908. The lowest BCUT2D eigenvalue weighted by atomic mass is 10.2. The number of benzene rings is 1. The Labute approximate surface area is 110 Å². The van der Waals surface area contributed by atoms with Crippen molar-refractivity contribution in [1.82, 2.24) is 0 Å². The molecule has 1 aromatic rings. The predicted molar refractivity (Wildman–Crippen MR) is 68.9 cm³/mol. The molecule has 1 aromatic carbocycles. The Morgan fingerprint density at radius 1 is 1.21 bits per heavy atom. The van der Waals surface area contributed by atoms with Crippen molar-refractivity contribution in [3.05, 3.63) is 29.8 Å². The Morgan fingerprint density at radius 3 is 2.16 bits per heavy atom. The summed E-state index contributed by atoms with van der Waals surface area (Å²) in [7, 11) is -3.11. The standard InChI is InChI=1S/C12H16F3NO2S/c1-3-19(17,18)8-9(2)16-11-6-4-10(5-7-11)12(13,14)15/h4-7,9,16H,3,8H2,1-2H3. The average molecular weight is 295 g/mol. The molecule has 19 heavy (non-hydrogen) atoms. The lowest BCUT2D eigenvalue weighted by molar-refractivity contribution is -0.137. The van der Waals surface area contributed by atoms with Gasteiger partial charge in [-0.3, -0.25) is 0 Å². The van der Waals surface area contributed by atoms with Gasteiger partial charge in [0.15, 0.2) is 9.84 Å². The van der Waals surface area contributed by atoms with Gasteiger partial charge in [-0.05, 0) is 31.2 Å². The van der Waals surface area contributed by atoms with Crippen LogP contribution < -0.4 is 5.32 Å². The first-order valence-corrected chi connectivity index (χ1v) is 7.60. The molecule has 7 heteroatoms. The molecule has 0 aliphatic carbocycles. The van der Waals surface area contributed by atoms with Crippen LogP contribution in [0.2, 0.25) is 0 Å². The minimum atomic E-state index is -4.37. The molecule has 0 aliphatic rings. The van der Waals surface area contributed by atoms with Crippen LogP contribution in [-0.4, -0.2) is 26.0 Å². The summed E-state index contributed by atoms with van der Waals surface area (Å²) in [6, 6.07) is 4.14. The Bertz CT molecular complexity index is 509. The van der Waals surface area contributed by atoms with Crippen molar-refractivity contribution in [3.8, 4) is 0 Å². The van der Waals surface area contributed by atoms with Crippen molar-refractivity contribution in [2.45, 2.75) is 26.1 Å². The maximum atomic E-state index is 12.4. The minimum absolute atomic E-state index is 0.0477. The molecule has 0 spiro atoms. The summed E-state index contributed by atoms with van der Waals surface area (Å²) in [6.45, 7) is 3.23. The van der Waals surface area contributed by atoms with E-state index in [1.54, 1.807) is 13.8 Å². The predicted octanol–water partition coefficient (Wildman–Crippen LogP) is 2.94. The second-order valence-corrected chi connectivity index (χ2v) is 6.72. The van der Waals surface area contributed by atoms with Crippen molar-refractivity contribution in [2.24, 2.45) is 0 Å². The van der Waals surface area contributed by atoms with Crippen LogP contribution in [0, 0.1) is 0 Å². The van der Waals surface area contributed by atoms with E-state index in [1.165, 1.54) is 12.1 Å². The van der Waals surface area contributed by atoms with E-state index in [1.807, 2.05) is 0 Å². The highest BCUT2D eigenvalue weighted by Crippen LogP contribution is 2.29. The summed E-state index contributed by atoms with van der Waals surface area (Å²) < 4.78 is 59.8. The van der Waals surface area contributed by atoms with Gasteiger partial charge in [-0.25, -0.2) is 8.42 Å². The second-order valence-electron chi connectivity index (χ2n) is 4.32. The fraction of sp³-hybridized carbons (Fsp3) is 0.500. The zero-order valence-corrected chi connectivity index (χ0v) is 11.5. The molecule has 1 atom stereocenters. The maximum absolute atomic E-state index is 12.4. The van der Waals surface area contributed by atoms with Crippen LogP contribution in [0.1, 0.15) is 19.4 Å². The van der Waals surface area contributed by atoms with E-state index < -0.39 is 21.6 Å². The van der Waals surface area contributed by atoms with E-state index >= 15 is 0 Å². The van der Waals surface area contributed by atoms with Crippen LogP contribution in [0.15, 0.2) is 24.3 Å². The highest BCUT2D eigenvalue weighted by molar-refractivity contribution is 7.91. The van der Waals surface area contributed by atoms with E-state index in [4.69, 9.17) is 0 Å². The van der Waals surface area contributed by atoms with Gasteiger partial charge in [-0.1, -0.05) is 6.92 Å². The molecule has 0 radical (unpaired) electrons. The first kappa shape index (κ1) is 15.8. The largest absolute Gasteiger partial charge is 0.416 e. The highest BCUT2D eigenvalue weighted by Gasteiger charge is 2.29. The van der Waals surface area contributed by atoms with Crippen LogP contribution in [0.4, 0.5) is 18.9 Å². The average Bonchev–Trinajstić information content (AvgIpc) is 2.27. The van der Waals surface area contributed by atoms with Gasteiger partial charge < -0.3 is 5.32 Å². The van der Waals surface area contributed by atoms with Gasteiger partial charge in [-0.15, -0.1) is 0 Å². The molecule has 0 saturated carbocycles. The molecular formula is C12H16F3NO2S. The summed E-state index contributed by atoms with van der Waals surface area (Å²) in [5, 5.41) is 2.86. The lowest BCUT2D eigenvalue weighted by Crippen LogP contribution is -2.26. The van der Waals surface area contributed by atoms with E-state index in [0.717, 1.165) is 12.1 Å². The molecular weight excluding hydrogens is 279 g/mol. The Kier molecular flexibility index (Phi) is 4.84. The summed E-state index contributed by atoms with van der Waals surface area (Å²) in [4.78, 5) is 0. The third-order valence-corrected chi connectivity index (χ3v) is 4.46. The number of nitrogens with one attached hydrogen (secondary N) is 1. The molecule has 0 amide bonds. The van der Waals surface area contributed by atoms with E-state index in [2.05, 4.69) is 5.32 Å². The van der Waals surface area contributed by atoms with E-state index in [9.17, 15) is 21.6 Å². The van der Waals surface area contributed by atoms with Gasteiger partial charge in [0, 0.05) is 17.5 Å². The molecule has 0 bridgehead atoms. The molecule has 0 aliphatic heterocycles. The van der Waals surface area contributed by atoms with Crippen LogP contribution >= 0.6 is 0 Å². The molecule has 0 aromatic heterocycles. The fourth-order valence-corrected chi connectivity index (χ4v) is 2.66. The molecule has 3 nitrogen and oxygen atoms in total. The Balaban J connectivity index is 2.69. The van der Waals surface area contributed by atoms with Crippen molar-refractivity contribution >= 4 is 15.5 Å². The smallest absolute Gasteiger partial charge is 0.382 e. The maximum Gasteiger partial charge on any atom is 0.416 e. The van der Waals surface area contributed by atoms with Gasteiger partial charge >= 0.3 is 6.18 Å². The van der Waals surface area contributed by atoms with Gasteiger partial charge in [0.2, 0.25) is 0 Å². The van der Waals surface area contributed by atoms with Gasteiger partial charge in [-0.2, -0.15) is 13.2 Å². The first-order chi connectivity index (χ1) is 8.64. The van der Waals surface area contributed by atoms with Crippen LogP contribution in [0.5, 0.6) is 0 Å². The minimum Gasteiger partial charge on any atom is -0.382 e. The lowest BCUT2D eigenvalue weighted by Gasteiger charge is -2.15. The SMILES string of the molecule is CCS(=O)(=O)CC(C)Nc1ccc(C(F)(F)F)cc1. The molecule has 0 fully saturated rings. The van der Waals surface area contributed by atoms with Crippen molar-refractivity contribution in [1.29, 1.82) is 0 Å². The number of halogens is 3. The van der Waals surface area contributed by atoms with Gasteiger partial charge in [0.1, 0.15) is 0 Å². The topological polar surface area (TPSA) is 46.2 Å². The number of hydrogen-bond acceptors (Lipinski definition) is 3. The van der Waals surface area contributed by atoms with Gasteiger partial charge in [0.25, 0.3) is 0 Å². The third-order valence-electron chi connectivity index (χ3n) is 2.57. The number of hydrogen-bond donors (Lipinski definition) is 1. The third kappa shape index (κ3) is 5.10. The summed E-state index contributed by atoms with van der Waals surface area (Å²) in [5.41, 5.74) is -0.265. The van der Waals surface area contributed by atoms with E-state index in [-0.39, 0.29) is 17.5 Å². The number of anilines is 1. The Morgan fingerprint density at radius 2 is 1.74 bits per heavy atom. The molecule has 1 rings (SSSR count). The summed E-state index contributed by atoms with van der Waals surface area (Å²) >= 11 is 0. The Hall–Kier alpha value is -1.24. The van der Waals surface area contributed by atoms with Crippen molar-refractivity contribution in [2.75, 3.05) is 16.8 Å². The number of sulfone groups is 1. The molecule has 0 heterocycles. The van der Waals surface area contributed by atoms with Crippen molar-refractivity contribution in [3.63, 3.8) is 0 Å². The molecule has 108 valence electrons. The zero-order chi connectivity index (χ0) is 14.7. The van der Waals surface area contributed by atoms with Crippen LogP contribution in [0.3, 0.4) is 0 Å². The second kappa shape index (κ2) is 5.81. The van der Waals surface area contributed by atoms with Gasteiger partial charge in [0.05, 0.1) is 11.3 Å². The first-order valence-electron chi connectivity index (χ1n) is 5.78. The van der Waals surface area contributed by atoms with Crippen LogP contribution in [-0.2, 0) is 16.0 Å². The zero-order valence-electron chi connectivity index (χ0n) is 10.7. The van der Waals surface area contributed by atoms with Crippen LogP contribution in [0.25, 0.3) is 0 Å². The summed E-state index contributed by atoms with van der Waals surface area (Å²) in [6.07, 6.45) is -4.37. The van der Waals surface area contributed by atoms with Crippen molar-refractivity contribution < 1.29 is 21.6 Å². The normalized spacial score (nSPS) is 14.2. The molecule has 1 N–H and O–H groups in total. The fourth-order valence-electron chi connectivity index (χ4n) is 1.58. The monoisotopic (exact) mass is 295 g/mol. The molecule has 1 unspecified atom stereocenters. The van der Waals surface area contributed by atoms with E-state index in [0.29, 0.717) is 5.69 Å².